The van der Waals surface area contributed by atoms with Gasteiger partial charge in [0.1, 0.15) is 5.82 Å². The van der Waals surface area contributed by atoms with Crippen molar-refractivity contribution in [2.45, 2.75) is 31.6 Å². The minimum atomic E-state index is -3.19. The van der Waals surface area contributed by atoms with Crippen molar-refractivity contribution in [1.29, 1.82) is 0 Å². The molecular weight excluding hydrogens is 484 g/mol. The highest BCUT2D eigenvalue weighted by Crippen LogP contribution is 2.48. The standard InChI is InChI=1S/C18H28FN3O3S.HI/c1-20-17(22-13-18(6-7-18)8-9-25-2)21-11-15-10-16(19)5-4-14(15)12-26(3,23)24;/h4-5,10H,6-9,11-13H2,1-3H3,(H2,20,21,22);1H. The van der Waals surface area contributed by atoms with Gasteiger partial charge < -0.3 is 15.4 Å². The van der Waals surface area contributed by atoms with Gasteiger partial charge in [0.25, 0.3) is 0 Å². The van der Waals surface area contributed by atoms with Gasteiger partial charge in [0.05, 0.1) is 5.75 Å². The van der Waals surface area contributed by atoms with E-state index in [2.05, 4.69) is 15.6 Å². The summed E-state index contributed by atoms with van der Waals surface area (Å²) in [5.41, 5.74) is 1.48. The van der Waals surface area contributed by atoms with Gasteiger partial charge in [0.15, 0.2) is 15.8 Å². The number of hydrogen-bond donors (Lipinski definition) is 2. The maximum atomic E-state index is 13.6. The Labute approximate surface area is 178 Å². The number of rotatable bonds is 9. The first-order chi connectivity index (χ1) is 12.3. The van der Waals surface area contributed by atoms with Crippen LogP contribution in [0.4, 0.5) is 4.39 Å². The molecule has 0 amide bonds. The number of aliphatic imine (C=N–C) groups is 1. The highest BCUT2D eigenvalue weighted by molar-refractivity contribution is 14.0. The molecule has 1 aliphatic rings. The zero-order valence-corrected chi connectivity index (χ0v) is 19.2. The van der Waals surface area contributed by atoms with Gasteiger partial charge >= 0.3 is 0 Å². The number of guanidine groups is 1. The second-order valence-electron chi connectivity index (χ2n) is 7.01. The summed E-state index contributed by atoms with van der Waals surface area (Å²) >= 11 is 0. The number of methoxy groups -OCH3 is 1. The first-order valence-electron chi connectivity index (χ1n) is 8.65. The molecule has 27 heavy (non-hydrogen) atoms. The molecule has 1 aromatic carbocycles. The molecule has 0 unspecified atom stereocenters. The monoisotopic (exact) mass is 513 g/mol. The molecule has 0 atom stereocenters. The van der Waals surface area contributed by atoms with Gasteiger partial charge in [-0.2, -0.15) is 0 Å². The van der Waals surface area contributed by atoms with E-state index < -0.39 is 15.7 Å². The van der Waals surface area contributed by atoms with Gasteiger partial charge in [-0.1, -0.05) is 6.07 Å². The van der Waals surface area contributed by atoms with Crippen molar-refractivity contribution in [3.8, 4) is 0 Å². The first kappa shape index (κ1) is 24.1. The molecule has 0 aliphatic heterocycles. The number of nitrogens with one attached hydrogen (secondary N) is 2. The number of sulfone groups is 1. The summed E-state index contributed by atoms with van der Waals surface area (Å²) in [5, 5.41) is 6.45. The lowest BCUT2D eigenvalue weighted by atomic mass is 10.0. The fourth-order valence-electron chi connectivity index (χ4n) is 2.86. The molecule has 0 spiro atoms. The lowest BCUT2D eigenvalue weighted by Crippen LogP contribution is -2.40. The quantitative estimate of drug-likeness (QED) is 0.302. The molecule has 2 N–H and O–H groups in total. The largest absolute Gasteiger partial charge is 0.385 e. The van der Waals surface area contributed by atoms with Crippen molar-refractivity contribution >= 4 is 39.8 Å². The molecular formula is C18H29FIN3O3S. The van der Waals surface area contributed by atoms with Gasteiger partial charge in [-0.25, -0.2) is 12.8 Å². The Morgan fingerprint density at radius 1 is 1.30 bits per heavy atom. The summed E-state index contributed by atoms with van der Waals surface area (Å²) < 4.78 is 41.9. The Morgan fingerprint density at radius 2 is 2.00 bits per heavy atom. The van der Waals surface area contributed by atoms with Crippen LogP contribution in [0.2, 0.25) is 0 Å². The van der Waals surface area contributed by atoms with E-state index in [4.69, 9.17) is 4.74 Å². The number of benzene rings is 1. The van der Waals surface area contributed by atoms with Gasteiger partial charge in [0.2, 0.25) is 0 Å². The zero-order chi connectivity index (χ0) is 19.2. The van der Waals surface area contributed by atoms with Gasteiger partial charge in [-0.3, -0.25) is 4.99 Å². The molecule has 9 heteroatoms. The predicted molar refractivity (Wildman–Crippen MR) is 117 cm³/mol. The Bertz CT molecular complexity index is 752. The topological polar surface area (TPSA) is 79.8 Å². The normalized spacial score (nSPS) is 15.8. The second-order valence-corrected chi connectivity index (χ2v) is 9.15. The number of hydrogen-bond acceptors (Lipinski definition) is 4. The Hall–Kier alpha value is -0.940. The molecule has 1 fully saturated rings. The molecule has 1 aromatic rings. The van der Waals surface area contributed by atoms with E-state index in [1.807, 2.05) is 0 Å². The number of halogens is 2. The zero-order valence-electron chi connectivity index (χ0n) is 16.0. The summed E-state index contributed by atoms with van der Waals surface area (Å²) in [6, 6.07) is 4.17. The summed E-state index contributed by atoms with van der Waals surface area (Å²) in [6.45, 7) is 1.84. The van der Waals surface area contributed by atoms with Crippen molar-refractivity contribution in [3.05, 3.63) is 35.1 Å². The van der Waals surface area contributed by atoms with E-state index in [9.17, 15) is 12.8 Å². The summed E-state index contributed by atoms with van der Waals surface area (Å²) in [5.74, 6) is 0.109. The fraction of sp³-hybridized carbons (Fsp3) is 0.611. The Kier molecular flexibility index (Phi) is 9.43. The molecule has 2 rings (SSSR count). The highest BCUT2D eigenvalue weighted by atomic mass is 127. The smallest absolute Gasteiger partial charge is 0.191 e. The molecule has 0 saturated heterocycles. The van der Waals surface area contributed by atoms with Crippen LogP contribution < -0.4 is 10.6 Å². The average Bonchev–Trinajstić information content (AvgIpc) is 3.34. The molecule has 0 bridgehead atoms. The number of nitrogens with zero attached hydrogens (tertiary/aromatic N) is 1. The van der Waals surface area contributed by atoms with E-state index in [0.717, 1.165) is 19.6 Å². The van der Waals surface area contributed by atoms with E-state index in [-0.39, 0.29) is 35.1 Å². The van der Waals surface area contributed by atoms with E-state index in [0.29, 0.717) is 23.6 Å². The van der Waals surface area contributed by atoms with Crippen LogP contribution in [0.1, 0.15) is 30.4 Å². The van der Waals surface area contributed by atoms with E-state index in [1.54, 1.807) is 14.2 Å². The van der Waals surface area contributed by atoms with E-state index >= 15 is 0 Å². The minimum absolute atomic E-state index is 0. The maximum Gasteiger partial charge on any atom is 0.191 e. The summed E-state index contributed by atoms with van der Waals surface area (Å²) in [4.78, 5) is 4.19. The van der Waals surface area contributed by atoms with Crippen LogP contribution in [0, 0.1) is 11.2 Å². The second kappa shape index (κ2) is 10.6. The van der Waals surface area contributed by atoms with Crippen LogP contribution in [-0.2, 0) is 26.9 Å². The van der Waals surface area contributed by atoms with Crippen molar-refractivity contribution < 1.29 is 17.5 Å². The van der Waals surface area contributed by atoms with Crippen LogP contribution in [0.3, 0.4) is 0 Å². The third kappa shape index (κ3) is 8.30. The third-order valence-corrected chi connectivity index (χ3v) is 5.52. The van der Waals surface area contributed by atoms with Gasteiger partial charge in [-0.15, -0.1) is 24.0 Å². The van der Waals surface area contributed by atoms with E-state index in [1.165, 1.54) is 37.3 Å². The molecule has 6 nitrogen and oxygen atoms in total. The van der Waals surface area contributed by atoms with Crippen LogP contribution in [0.5, 0.6) is 0 Å². The van der Waals surface area contributed by atoms with Crippen LogP contribution in [0.25, 0.3) is 0 Å². The SMILES string of the molecule is CN=C(NCc1cc(F)ccc1CS(C)(=O)=O)NCC1(CCOC)CC1.I. The molecule has 0 heterocycles. The Morgan fingerprint density at radius 3 is 2.56 bits per heavy atom. The maximum absolute atomic E-state index is 13.6. The van der Waals surface area contributed by atoms with Gasteiger partial charge in [-0.05, 0) is 47.9 Å². The lowest BCUT2D eigenvalue weighted by molar-refractivity contribution is 0.172. The average molecular weight is 513 g/mol. The predicted octanol–water partition coefficient (Wildman–Crippen LogP) is 2.47. The third-order valence-electron chi connectivity index (χ3n) is 4.68. The summed E-state index contributed by atoms with van der Waals surface area (Å²) in [6.07, 6.45) is 4.52. The Balaban J connectivity index is 0.00000364. The highest BCUT2D eigenvalue weighted by Gasteiger charge is 2.41. The minimum Gasteiger partial charge on any atom is -0.385 e. The van der Waals surface area contributed by atoms with Crippen molar-refractivity contribution in [2.75, 3.05) is 33.6 Å². The molecule has 0 aromatic heterocycles. The molecule has 1 aliphatic carbocycles. The molecule has 154 valence electrons. The first-order valence-corrected chi connectivity index (χ1v) is 10.7. The van der Waals surface area contributed by atoms with Crippen LogP contribution in [0.15, 0.2) is 23.2 Å². The van der Waals surface area contributed by atoms with Gasteiger partial charge in [0, 0.05) is 40.1 Å². The van der Waals surface area contributed by atoms with Crippen molar-refractivity contribution in [3.63, 3.8) is 0 Å². The van der Waals surface area contributed by atoms with Crippen LogP contribution in [-0.4, -0.2) is 47.9 Å². The lowest BCUT2D eigenvalue weighted by Gasteiger charge is -2.19. The summed E-state index contributed by atoms with van der Waals surface area (Å²) in [7, 11) is 0.184. The molecule has 1 saturated carbocycles. The fourth-order valence-corrected chi connectivity index (χ4v) is 3.71. The van der Waals surface area contributed by atoms with Crippen LogP contribution >= 0.6 is 24.0 Å². The van der Waals surface area contributed by atoms with Crippen molar-refractivity contribution in [2.24, 2.45) is 10.4 Å². The van der Waals surface area contributed by atoms with Crippen molar-refractivity contribution in [1.82, 2.24) is 10.6 Å². The molecule has 0 radical (unpaired) electrons. The number of ether oxygens (including phenoxy) is 1.